The van der Waals surface area contributed by atoms with E-state index in [1.165, 1.54) is 0 Å². The highest BCUT2D eigenvalue weighted by molar-refractivity contribution is 5.89. The SMILES string of the molecule is C=CC[C@@H](O)COC(=O)c1ccccc1. The first-order valence-corrected chi connectivity index (χ1v) is 4.75. The van der Waals surface area contributed by atoms with Crippen LogP contribution in [0.2, 0.25) is 0 Å². The highest BCUT2D eigenvalue weighted by atomic mass is 16.5. The van der Waals surface area contributed by atoms with Crippen molar-refractivity contribution in [2.45, 2.75) is 12.5 Å². The predicted octanol–water partition coefficient (Wildman–Crippen LogP) is 1.78. The number of ether oxygens (including phenoxy) is 1. The third-order valence-electron chi connectivity index (χ3n) is 1.86. The molecule has 1 atom stereocenters. The zero-order valence-corrected chi connectivity index (χ0v) is 8.43. The summed E-state index contributed by atoms with van der Waals surface area (Å²) in [7, 11) is 0. The maximum atomic E-state index is 11.4. The minimum Gasteiger partial charge on any atom is -0.459 e. The number of carbonyl (C=O) groups excluding carboxylic acids is 1. The Morgan fingerprint density at radius 2 is 2.13 bits per heavy atom. The fourth-order valence-corrected chi connectivity index (χ4v) is 1.09. The van der Waals surface area contributed by atoms with Crippen molar-refractivity contribution < 1.29 is 14.6 Å². The number of hydrogen-bond donors (Lipinski definition) is 1. The molecule has 3 nitrogen and oxygen atoms in total. The number of aliphatic hydroxyl groups excluding tert-OH is 1. The van der Waals surface area contributed by atoms with Crippen molar-refractivity contribution in [3.05, 3.63) is 48.6 Å². The van der Waals surface area contributed by atoms with Gasteiger partial charge in [-0.15, -0.1) is 6.58 Å². The van der Waals surface area contributed by atoms with E-state index < -0.39 is 12.1 Å². The molecule has 1 rings (SSSR count). The Bertz CT molecular complexity index is 319. The molecule has 0 radical (unpaired) electrons. The minimum absolute atomic E-state index is 0.000250. The van der Waals surface area contributed by atoms with Crippen LogP contribution in [-0.2, 0) is 4.74 Å². The summed E-state index contributed by atoms with van der Waals surface area (Å²) < 4.78 is 4.91. The Morgan fingerprint density at radius 1 is 1.47 bits per heavy atom. The van der Waals surface area contributed by atoms with Crippen LogP contribution in [0.25, 0.3) is 0 Å². The first kappa shape index (κ1) is 11.5. The van der Waals surface area contributed by atoms with Crippen molar-refractivity contribution >= 4 is 5.97 Å². The van der Waals surface area contributed by atoms with Crippen molar-refractivity contribution in [2.24, 2.45) is 0 Å². The van der Waals surface area contributed by atoms with Gasteiger partial charge in [-0.2, -0.15) is 0 Å². The predicted molar refractivity (Wildman–Crippen MR) is 57.5 cm³/mol. The van der Waals surface area contributed by atoms with E-state index in [1.807, 2.05) is 6.07 Å². The van der Waals surface area contributed by atoms with Gasteiger partial charge in [-0.1, -0.05) is 24.3 Å². The maximum absolute atomic E-state index is 11.4. The smallest absolute Gasteiger partial charge is 0.338 e. The number of rotatable bonds is 5. The van der Waals surface area contributed by atoms with E-state index in [1.54, 1.807) is 30.3 Å². The van der Waals surface area contributed by atoms with Crippen LogP contribution in [0.1, 0.15) is 16.8 Å². The van der Waals surface area contributed by atoms with Crippen LogP contribution in [0.15, 0.2) is 43.0 Å². The fourth-order valence-electron chi connectivity index (χ4n) is 1.09. The summed E-state index contributed by atoms with van der Waals surface area (Å²) in [6, 6.07) is 8.68. The molecule has 1 aromatic carbocycles. The molecule has 3 heteroatoms. The molecule has 0 fully saturated rings. The van der Waals surface area contributed by atoms with Gasteiger partial charge >= 0.3 is 5.97 Å². The van der Waals surface area contributed by atoms with Crippen LogP contribution in [0.4, 0.5) is 0 Å². The highest BCUT2D eigenvalue weighted by Gasteiger charge is 2.08. The molecule has 0 unspecified atom stereocenters. The van der Waals surface area contributed by atoms with Gasteiger partial charge in [-0.25, -0.2) is 4.79 Å². The summed E-state index contributed by atoms with van der Waals surface area (Å²) in [6.07, 6.45) is 1.33. The number of carbonyl (C=O) groups is 1. The maximum Gasteiger partial charge on any atom is 0.338 e. The van der Waals surface area contributed by atoms with Crippen LogP contribution in [-0.4, -0.2) is 23.8 Å². The summed E-state index contributed by atoms with van der Waals surface area (Å²) in [5.41, 5.74) is 0.489. The molecular weight excluding hydrogens is 192 g/mol. The van der Waals surface area contributed by atoms with Crippen LogP contribution < -0.4 is 0 Å². The molecule has 80 valence electrons. The lowest BCUT2D eigenvalue weighted by molar-refractivity contribution is 0.0265. The molecule has 0 aliphatic carbocycles. The van der Waals surface area contributed by atoms with Gasteiger partial charge in [0.05, 0.1) is 11.7 Å². The second-order valence-corrected chi connectivity index (χ2v) is 3.14. The van der Waals surface area contributed by atoms with Gasteiger partial charge in [0.25, 0.3) is 0 Å². The number of esters is 1. The molecule has 0 aliphatic heterocycles. The zero-order valence-electron chi connectivity index (χ0n) is 8.43. The van der Waals surface area contributed by atoms with E-state index in [9.17, 15) is 9.90 Å². The summed E-state index contributed by atoms with van der Waals surface area (Å²) >= 11 is 0. The van der Waals surface area contributed by atoms with Crippen LogP contribution in [0, 0.1) is 0 Å². The van der Waals surface area contributed by atoms with E-state index in [2.05, 4.69) is 6.58 Å². The largest absolute Gasteiger partial charge is 0.459 e. The van der Waals surface area contributed by atoms with E-state index in [0.29, 0.717) is 12.0 Å². The molecular formula is C12H14O3. The third-order valence-corrected chi connectivity index (χ3v) is 1.86. The topological polar surface area (TPSA) is 46.5 Å². The van der Waals surface area contributed by atoms with Gasteiger partial charge in [0.1, 0.15) is 6.61 Å². The molecule has 0 bridgehead atoms. The number of benzene rings is 1. The Morgan fingerprint density at radius 3 is 2.73 bits per heavy atom. The normalized spacial score (nSPS) is 11.8. The van der Waals surface area contributed by atoms with E-state index in [0.717, 1.165) is 0 Å². The fraction of sp³-hybridized carbons (Fsp3) is 0.250. The molecule has 0 amide bonds. The third kappa shape index (κ3) is 3.95. The lowest BCUT2D eigenvalue weighted by Gasteiger charge is -2.08. The highest BCUT2D eigenvalue weighted by Crippen LogP contribution is 2.02. The molecule has 0 aromatic heterocycles. The second-order valence-electron chi connectivity index (χ2n) is 3.14. The molecule has 0 saturated carbocycles. The zero-order chi connectivity index (χ0) is 11.1. The molecule has 1 N–H and O–H groups in total. The molecule has 0 aliphatic rings. The Balaban J connectivity index is 2.40. The number of hydrogen-bond acceptors (Lipinski definition) is 3. The Labute approximate surface area is 89.0 Å². The van der Waals surface area contributed by atoms with Crippen molar-refractivity contribution in [1.29, 1.82) is 0 Å². The van der Waals surface area contributed by atoms with Gasteiger partial charge in [0.2, 0.25) is 0 Å². The monoisotopic (exact) mass is 206 g/mol. The van der Waals surface area contributed by atoms with Crippen LogP contribution in [0.3, 0.4) is 0 Å². The molecule has 0 heterocycles. The summed E-state index contributed by atoms with van der Waals surface area (Å²) in [5, 5.41) is 9.30. The minimum atomic E-state index is -0.671. The quantitative estimate of drug-likeness (QED) is 0.590. The average molecular weight is 206 g/mol. The van der Waals surface area contributed by atoms with Crippen molar-refractivity contribution in [3.63, 3.8) is 0 Å². The lowest BCUT2D eigenvalue weighted by Crippen LogP contribution is -2.17. The molecule has 1 aromatic rings. The van der Waals surface area contributed by atoms with Gasteiger partial charge in [-0.05, 0) is 18.6 Å². The molecule has 0 spiro atoms. The van der Waals surface area contributed by atoms with Gasteiger partial charge in [0, 0.05) is 0 Å². The van der Waals surface area contributed by atoms with Crippen LogP contribution >= 0.6 is 0 Å². The summed E-state index contributed by atoms with van der Waals surface area (Å²) in [4.78, 5) is 11.4. The van der Waals surface area contributed by atoms with Gasteiger partial charge < -0.3 is 9.84 Å². The second kappa shape index (κ2) is 5.98. The Hall–Kier alpha value is -1.61. The first-order valence-electron chi connectivity index (χ1n) is 4.75. The molecule has 0 saturated heterocycles. The standard InChI is InChI=1S/C12H14O3/c1-2-6-11(13)9-15-12(14)10-7-4-3-5-8-10/h2-5,7-8,11,13H,1,6,9H2/t11-/m1/s1. The first-order chi connectivity index (χ1) is 7.24. The van der Waals surface area contributed by atoms with Crippen molar-refractivity contribution in [1.82, 2.24) is 0 Å². The van der Waals surface area contributed by atoms with Crippen LogP contribution in [0.5, 0.6) is 0 Å². The summed E-state index contributed by atoms with van der Waals surface area (Å²) in [5.74, 6) is -0.418. The lowest BCUT2D eigenvalue weighted by atomic mass is 10.2. The average Bonchev–Trinajstić information content (AvgIpc) is 2.27. The van der Waals surface area contributed by atoms with E-state index in [-0.39, 0.29) is 6.61 Å². The van der Waals surface area contributed by atoms with Crippen molar-refractivity contribution in [2.75, 3.05) is 6.61 Å². The van der Waals surface area contributed by atoms with E-state index >= 15 is 0 Å². The summed E-state index contributed by atoms with van der Waals surface area (Å²) in [6.45, 7) is 3.49. The van der Waals surface area contributed by atoms with E-state index in [4.69, 9.17) is 4.74 Å². The molecule has 15 heavy (non-hydrogen) atoms. The van der Waals surface area contributed by atoms with Crippen molar-refractivity contribution in [3.8, 4) is 0 Å². The van der Waals surface area contributed by atoms with Gasteiger partial charge in [0.15, 0.2) is 0 Å². The van der Waals surface area contributed by atoms with Gasteiger partial charge in [-0.3, -0.25) is 0 Å². The number of aliphatic hydroxyl groups is 1. The Kier molecular flexibility index (Phi) is 4.57.